The second kappa shape index (κ2) is 8.83. The largest absolute Gasteiger partial charge is 0.508 e. The predicted octanol–water partition coefficient (Wildman–Crippen LogP) is 6.34. The molecule has 0 fully saturated rings. The van der Waals surface area contributed by atoms with Crippen LogP contribution in [0.25, 0.3) is 0 Å². The fourth-order valence-electron chi connectivity index (χ4n) is 3.04. The number of rotatable bonds is 7. The Kier molecular flexibility index (Phi) is 6.99. The van der Waals surface area contributed by atoms with Crippen molar-refractivity contribution in [1.29, 1.82) is 0 Å². The van der Waals surface area contributed by atoms with Gasteiger partial charge in [-0.1, -0.05) is 45.9 Å². The highest BCUT2D eigenvalue weighted by atomic mass is 32.2. The molecule has 0 aromatic heterocycles. The van der Waals surface area contributed by atoms with Crippen LogP contribution in [0.1, 0.15) is 62.8 Å². The van der Waals surface area contributed by atoms with Crippen LogP contribution in [0.2, 0.25) is 0 Å². The second-order valence-corrected chi connectivity index (χ2v) is 9.11. The van der Waals surface area contributed by atoms with Crippen LogP contribution in [-0.4, -0.2) is 11.6 Å². The van der Waals surface area contributed by atoms with Crippen LogP contribution in [0, 0.1) is 13.8 Å². The molecule has 0 heterocycles. The van der Waals surface area contributed by atoms with Gasteiger partial charge >= 0.3 is 0 Å². The summed E-state index contributed by atoms with van der Waals surface area (Å²) in [4.78, 5) is 13.1. The van der Waals surface area contributed by atoms with Crippen LogP contribution in [0.5, 0.6) is 11.5 Å². The van der Waals surface area contributed by atoms with Crippen molar-refractivity contribution in [1.82, 2.24) is 0 Å². The molecule has 146 valence electrons. The standard InChI is InChI=1S/C23H30O3S/c1-7-8-9-17-12-21(16(3)11-20(17)26-14-24)27-22-13-18(23(4,5)6)19(25)10-15(22)2/h10-14,25H,7-9H2,1-6H3. The van der Waals surface area contributed by atoms with Crippen molar-refractivity contribution in [2.24, 2.45) is 0 Å². The van der Waals surface area contributed by atoms with Crippen LogP contribution >= 0.6 is 11.8 Å². The topological polar surface area (TPSA) is 46.5 Å². The smallest absolute Gasteiger partial charge is 0.298 e. The number of phenolic OH excluding ortho intramolecular Hbond substituents is 1. The fourth-order valence-corrected chi connectivity index (χ4v) is 4.09. The summed E-state index contributed by atoms with van der Waals surface area (Å²) in [6.07, 6.45) is 3.02. The first kappa shape index (κ1) is 21.4. The van der Waals surface area contributed by atoms with Crippen molar-refractivity contribution in [2.45, 2.75) is 76.0 Å². The van der Waals surface area contributed by atoms with Gasteiger partial charge in [-0.05, 0) is 73.1 Å². The van der Waals surface area contributed by atoms with E-state index in [1.54, 1.807) is 11.8 Å². The van der Waals surface area contributed by atoms with Crippen LogP contribution < -0.4 is 4.74 Å². The third kappa shape index (κ3) is 5.29. The van der Waals surface area contributed by atoms with Gasteiger partial charge in [0.15, 0.2) is 0 Å². The highest BCUT2D eigenvalue weighted by molar-refractivity contribution is 7.99. The number of hydrogen-bond acceptors (Lipinski definition) is 4. The lowest BCUT2D eigenvalue weighted by molar-refractivity contribution is -0.120. The van der Waals surface area contributed by atoms with E-state index >= 15 is 0 Å². The summed E-state index contributed by atoms with van der Waals surface area (Å²) in [5.41, 5.74) is 4.00. The first-order chi connectivity index (χ1) is 12.7. The van der Waals surface area contributed by atoms with Gasteiger partial charge in [0, 0.05) is 15.4 Å². The lowest BCUT2D eigenvalue weighted by Crippen LogP contribution is -2.11. The summed E-state index contributed by atoms with van der Waals surface area (Å²) in [6.45, 7) is 13.0. The van der Waals surface area contributed by atoms with E-state index < -0.39 is 0 Å². The number of benzene rings is 2. The summed E-state index contributed by atoms with van der Waals surface area (Å²) < 4.78 is 5.20. The highest BCUT2D eigenvalue weighted by Gasteiger charge is 2.20. The van der Waals surface area contributed by atoms with Gasteiger partial charge in [0.1, 0.15) is 11.5 Å². The molecule has 0 spiro atoms. The maximum Gasteiger partial charge on any atom is 0.298 e. The van der Waals surface area contributed by atoms with Gasteiger partial charge in [0.25, 0.3) is 6.47 Å². The molecule has 27 heavy (non-hydrogen) atoms. The zero-order chi connectivity index (χ0) is 20.2. The summed E-state index contributed by atoms with van der Waals surface area (Å²) >= 11 is 1.70. The zero-order valence-corrected chi connectivity index (χ0v) is 18.0. The number of aromatic hydroxyl groups is 1. The lowest BCUT2D eigenvalue weighted by Gasteiger charge is -2.22. The Balaban J connectivity index is 2.46. The van der Waals surface area contributed by atoms with E-state index in [1.165, 1.54) is 0 Å². The van der Waals surface area contributed by atoms with E-state index in [0.717, 1.165) is 51.3 Å². The molecule has 0 bridgehead atoms. The van der Waals surface area contributed by atoms with E-state index in [4.69, 9.17) is 4.74 Å². The van der Waals surface area contributed by atoms with E-state index in [1.807, 2.05) is 26.0 Å². The van der Waals surface area contributed by atoms with E-state index in [2.05, 4.69) is 39.8 Å². The maximum atomic E-state index is 10.8. The van der Waals surface area contributed by atoms with Crippen molar-refractivity contribution in [3.05, 3.63) is 46.5 Å². The molecule has 0 aliphatic heterocycles. The van der Waals surface area contributed by atoms with E-state index in [0.29, 0.717) is 18.0 Å². The molecule has 1 N–H and O–H groups in total. The van der Waals surface area contributed by atoms with Crippen LogP contribution in [-0.2, 0) is 16.6 Å². The predicted molar refractivity (Wildman–Crippen MR) is 112 cm³/mol. The Morgan fingerprint density at radius 2 is 1.70 bits per heavy atom. The Morgan fingerprint density at radius 3 is 2.30 bits per heavy atom. The molecule has 4 heteroatoms. The Labute approximate surface area is 167 Å². The fraction of sp³-hybridized carbons (Fsp3) is 0.435. The number of unbranched alkanes of at least 4 members (excludes halogenated alkanes) is 1. The molecule has 3 nitrogen and oxygen atoms in total. The van der Waals surface area contributed by atoms with Gasteiger partial charge < -0.3 is 9.84 Å². The molecular formula is C23H30O3S. The van der Waals surface area contributed by atoms with Gasteiger partial charge in [0.2, 0.25) is 0 Å². The van der Waals surface area contributed by atoms with Crippen molar-refractivity contribution in [2.75, 3.05) is 0 Å². The summed E-state index contributed by atoms with van der Waals surface area (Å²) in [5, 5.41) is 10.3. The molecule has 0 unspecified atom stereocenters. The number of phenols is 1. The van der Waals surface area contributed by atoms with Crippen molar-refractivity contribution < 1.29 is 14.6 Å². The van der Waals surface area contributed by atoms with Gasteiger partial charge in [0.05, 0.1) is 0 Å². The molecular weight excluding hydrogens is 356 g/mol. The van der Waals surface area contributed by atoms with Crippen molar-refractivity contribution >= 4 is 18.2 Å². The number of carbonyl (C=O) groups excluding carboxylic acids is 1. The quantitative estimate of drug-likeness (QED) is 0.564. The molecule has 0 aliphatic rings. The van der Waals surface area contributed by atoms with E-state index in [-0.39, 0.29) is 5.41 Å². The molecule has 2 aromatic rings. The third-order valence-electron chi connectivity index (χ3n) is 4.65. The Bertz CT molecular complexity index is 819. The lowest BCUT2D eigenvalue weighted by atomic mass is 9.86. The summed E-state index contributed by atoms with van der Waals surface area (Å²) in [7, 11) is 0. The second-order valence-electron chi connectivity index (χ2n) is 8.03. The van der Waals surface area contributed by atoms with Gasteiger partial charge in [-0.2, -0.15) is 0 Å². The molecule has 0 saturated heterocycles. The Hall–Kier alpha value is -1.94. The average molecular weight is 387 g/mol. The molecule has 0 radical (unpaired) electrons. The number of carbonyl (C=O) groups is 1. The molecule has 0 atom stereocenters. The molecule has 2 aromatic carbocycles. The summed E-state index contributed by atoms with van der Waals surface area (Å²) in [5.74, 6) is 0.998. The SMILES string of the molecule is CCCCc1cc(Sc2cc(C(C)(C)C)c(O)cc2C)c(C)cc1OC=O. The summed E-state index contributed by atoms with van der Waals surface area (Å²) in [6, 6.07) is 8.02. The van der Waals surface area contributed by atoms with Gasteiger partial charge in [-0.25, -0.2) is 0 Å². The first-order valence-electron chi connectivity index (χ1n) is 9.43. The van der Waals surface area contributed by atoms with E-state index in [9.17, 15) is 9.90 Å². The monoisotopic (exact) mass is 386 g/mol. The first-order valence-corrected chi connectivity index (χ1v) is 10.2. The van der Waals surface area contributed by atoms with Crippen LogP contribution in [0.15, 0.2) is 34.1 Å². The minimum atomic E-state index is -0.129. The molecule has 0 amide bonds. The van der Waals surface area contributed by atoms with Crippen LogP contribution in [0.4, 0.5) is 0 Å². The van der Waals surface area contributed by atoms with Gasteiger partial charge in [-0.3, -0.25) is 4.79 Å². The normalized spacial score (nSPS) is 11.5. The third-order valence-corrected chi connectivity index (χ3v) is 5.97. The minimum Gasteiger partial charge on any atom is -0.508 e. The number of hydrogen-bond donors (Lipinski definition) is 1. The Morgan fingerprint density at radius 1 is 1.07 bits per heavy atom. The molecule has 2 rings (SSSR count). The average Bonchev–Trinajstić information content (AvgIpc) is 2.57. The maximum absolute atomic E-state index is 10.8. The van der Waals surface area contributed by atoms with Gasteiger partial charge in [-0.15, -0.1) is 0 Å². The van der Waals surface area contributed by atoms with Crippen LogP contribution in [0.3, 0.4) is 0 Å². The molecule has 0 aliphatic carbocycles. The van der Waals surface area contributed by atoms with Crippen molar-refractivity contribution in [3.8, 4) is 11.5 Å². The number of aryl methyl sites for hydroxylation is 3. The highest BCUT2D eigenvalue weighted by Crippen LogP contribution is 2.41. The minimum absolute atomic E-state index is 0.129. The van der Waals surface area contributed by atoms with Crippen molar-refractivity contribution in [3.63, 3.8) is 0 Å². The zero-order valence-electron chi connectivity index (χ0n) is 17.2. The number of ether oxygens (including phenoxy) is 1. The molecule has 0 saturated carbocycles.